The van der Waals surface area contributed by atoms with Gasteiger partial charge in [-0.15, -0.1) is 0 Å². The van der Waals surface area contributed by atoms with Crippen LogP contribution in [0.2, 0.25) is 0 Å². The second-order valence-corrected chi connectivity index (χ2v) is 6.49. The Bertz CT molecular complexity index is 479. The molecular formula is C15H24N2O5. The van der Waals surface area contributed by atoms with Gasteiger partial charge in [0.15, 0.2) is 0 Å². The molecule has 0 saturated carbocycles. The molecule has 7 heteroatoms. The van der Waals surface area contributed by atoms with Gasteiger partial charge in [-0.1, -0.05) is 13.8 Å². The molecule has 7 nitrogen and oxygen atoms in total. The average molecular weight is 312 g/mol. The number of carbonyl (C=O) groups is 3. The van der Waals surface area contributed by atoms with Crippen LogP contribution in [0.4, 0.5) is 4.79 Å². The van der Waals surface area contributed by atoms with Crippen molar-refractivity contribution in [1.29, 1.82) is 0 Å². The molecule has 2 atom stereocenters. The van der Waals surface area contributed by atoms with Crippen LogP contribution in [0.3, 0.4) is 0 Å². The molecule has 2 fully saturated rings. The molecule has 0 aromatic heterocycles. The lowest BCUT2D eigenvalue weighted by atomic mass is 9.94. The Morgan fingerprint density at radius 3 is 2.55 bits per heavy atom. The first-order chi connectivity index (χ1) is 10.3. The number of ether oxygens (including phenoxy) is 1. The van der Waals surface area contributed by atoms with Gasteiger partial charge >= 0.3 is 12.1 Å². The molecule has 0 aliphatic carbocycles. The van der Waals surface area contributed by atoms with Gasteiger partial charge < -0.3 is 14.7 Å². The van der Waals surface area contributed by atoms with E-state index in [9.17, 15) is 19.5 Å². The zero-order valence-corrected chi connectivity index (χ0v) is 13.4. The van der Waals surface area contributed by atoms with Crippen molar-refractivity contribution in [3.63, 3.8) is 0 Å². The fourth-order valence-electron chi connectivity index (χ4n) is 3.65. The summed E-state index contributed by atoms with van der Waals surface area (Å²) in [6.45, 7) is 4.73. The van der Waals surface area contributed by atoms with Crippen LogP contribution in [0.15, 0.2) is 0 Å². The van der Waals surface area contributed by atoms with Crippen molar-refractivity contribution in [2.45, 2.75) is 51.1 Å². The Balaban J connectivity index is 2.25. The summed E-state index contributed by atoms with van der Waals surface area (Å²) >= 11 is 0. The highest BCUT2D eigenvalue weighted by Crippen LogP contribution is 2.40. The van der Waals surface area contributed by atoms with Gasteiger partial charge in [0.25, 0.3) is 0 Å². The zero-order valence-electron chi connectivity index (χ0n) is 13.4. The standard InChI is InChI=1S/C15H24N2O5/c1-10(2)9-11(12(18)22-3)16-8-6-15(13(16)19)5-4-7-17(15)14(20)21/h10-11H,4-9H2,1-3H3,(H,20,21)/t11-,15-/m1/s1. The van der Waals surface area contributed by atoms with Crippen molar-refractivity contribution in [2.24, 2.45) is 5.92 Å². The molecule has 1 N–H and O–H groups in total. The number of carboxylic acid groups (broad SMARTS) is 1. The Hall–Kier alpha value is -1.79. The van der Waals surface area contributed by atoms with Crippen LogP contribution in [-0.2, 0) is 14.3 Å². The van der Waals surface area contributed by atoms with Crippen molar-refractivity contribution < 1.29 is 24.2 Å². The van der Waals surface area contributed by atoms with E-state index in [1.165, 1.54) is 16.9 Å². The van der Waals surface area contributed by atoms with Crippen LogP contribution in [0.1, 0.15) is 39.5 Å². The van der Waals surface area contributed by atoms with Gasteiger partial charge in [-0.25, -0.2) is 9.59 Å². The lowest BCUT2D eigenvalue weighted by Crippen LogP contribution is -2.54. The van der Waals surface area contributed by atoms with Gasteiger partial charge in [0.1, 0.15) is 11.6 Å². The quantitative estimate of drug-likeness (QED) is 0.791. The first-order valence-electron chi connectivity index (χ1n) is 7.73. The molecule has 0 aromatic carbocycles. The molecule has 2 amide bonds. The fraction of sp³-hybridized carbons (Fsp3) is 0.800. The largest absolute Gasteiger partial charge is 0.467 e. The van der Waals surface area contributed by atoms with Crippen LogP contribution >= 0.6 is 0 Å². The number of amides is 2. The predicted molar refractivity (Wildman–Crippen MR) is 78.3 cm³/mol. The highest BCUT2D eigenvalue weighted by Gasteiger charge is 2.57. The summed E-state index contributed by atoms with van der Waals surface area (Å²) in [6, 6.07) is -0.631. The van der Waals surface area contributed by atoms with Gasteiger partial charge in [0.2, 0.25) is 5.91 Å². The van der Waals surface area contributed by atoms with E-state index in [0.717, 1.165) is 0 Å². The highest BCUT2D eigenvalue weighted by molar-refractivity contribution is 5.95. The van der Waals surface area contributed by atoms with E-state index in [1.54, 1.807) is 0 Å². The van der Waals surface area contributed by atoms with Gasteiger partial charge in [0, 0.05) is 13.1 Å². The van der Waals surface area contributed by atoms with Gasteiger partial charge in [0.05, 0.1) is 7.11 Å². The van der Waals surface area contributed by atoms with Crippen molar-refractivity contribution in [2.75, 3.05) is 20.2 Å². The second kappa shape index (κ2) is 6.14. The third kappa shape index (κ3) is 2.64. The van der Waals surface area contributed by atoms with Crippen LogP contribution < -0.4 is 0 Å². The van der Waals surface area contributed by atoms with Crippen LogP contribution in [0, 0.1) is 5.92 Å². The first kappa shape index (κ1) is 16.6. The topological polar surface area (TPSA) is 87.2 Å². The van der Waals surface area contributed by atoms with Crippen molar-refractivity contribution in [3.05, 3.63) is 0 Å². The van der Waals surface area contributed by atoms with E-state index in [1.807, 2.05) is 13.8 Å². The summed E-state index contributed by atoms with van der Waals surface area (Å²) in [4.78, 5) is 39.1. The molecule has 0 unspecified atom stereocenters. The number of hydrogen-bond acceptors (Lipinski definition) is 4. The summed E-state index contributed by atoms with van der Waals surface area (Å²) in [7, 11) is 1.31. The number of esters is 1. The number of carbonyl (C=O) groups excluding carboxylic acids is 2. The lowest BCUT2D eigenvalue weighted by Gasteiger charge is -2.33. The van der Waals surface area contributed by atoms with Gasteiger partial charge in [-0.05, 0) is 31.6 Å². The average Bonchev–Trinajstić information content (AvgIpc) is 3.02. The van der Waals surface area contributed by atoms with E-state index in [-0.39, 0.29) is 11.8 Å². The SMILES string of the molecule is COC(=O)[C@@H](CC(C)C)N1CC[C@]2(CCCN2C(=O)O)C1=O. The molecule has 0 bridgehead atoms. The monoisotopic (exact) mass is 312 g/mol. The normalized spacial score (nSPS) is 26.1. The number of nitrogens with zero attached hydrogens (tertiary/aromatic N) is 2. The Morgan fingerprint density at radius 1 is 1.32 bits per heavy atom. The Morgan fingerprint density at radius 2 is 2.00 bits per heavy atom. The Labute approximate surface area is 130 Å². The van der Waals surface area contributed by atoms with Crippen LogP contribution in [-0.4, -0.2) is 64.7 Å². The van der Waals surface area contributed by atoms with E-state index in [2.05, 4.69) is 0 Å². The molecule has 0 aromatic rings. The maximum Gasteiger partial charge on any atom is 0.408 e. The molecule has 1 spiro atoms. The van der Waals surface area contributed by atoms with E-state index >= 15 is 0 Å². The third-order valence-electron chi connectivity index (χ3n) is 4.69. The number of likely N-dealkylation sites (tertiary alicyclic amines) is 2. The molecule has 2 aliphatic rings. The minimum absolute atomic E-state index is 0.229. The molecule has 2 heterocycles. The minimum atomic E-state index is -1.06. The molecule has 0 radical (unpaired) electrons. The van der Waals surface area contributed by atoms with Crippen LogP contribution in [0.5, 0.6) is 0 Å². The predicted octanol–water partition coefficient (Wildman–Crippen LogP) is 1.32. The third-order valence-corrected chi connectivity index (χ3v) is 4.69. The summed E-state index contributed by atoms with van der Waals surface area (Å²) in [5.41, 5.74) is -0.977. The minimum Gasteiger partial charge on any atom is -0.467 e. The number of hydrogen-bond donors (Lipinski definition) is 1. The van der Waals surface area contributed by atoms with Crippen molar-refractivity contribution in [3.8, 4) is 0 Å². The zero-order chi connectivity index (χ0) is 16.5. The molecule has 22 heavy (non-hydrogen) atoms. The highest BCUT2D eigenvalue weighted by atomic mass is 16.5. The van der Waals surface area contributed by atoms with Crippen molar-refractivity contribution in [1.82, 2.24) is 9.80 Å². The number of rotatable bonds is 4. The molecule has 2 saturated heterocycles. The molecule has 124 valence electrons. The summed E-state index contributed by atoms with van der Waals surface area (Å²) < 4.78 is 4.84. The van der Waals surface area contributed by atoms with Crippen LogP contribution in [0.25, 0.3) is 0 Å². The smallest absolute Gasteiger partial charge is 0.408 e. The lowest BCUT2D eigenvalue weighted by molar-refractivity contribution is -0.153. The second-order valence-electron chi connectivity index (χ2n) is 6.49. The Kier molecular flexibility index (Phi) is 4.63. The molecule has 2 rings (SSSR count). The maximum absolute atomic E-state index is 12.9. The van der Waals surface area contributed by atoms with E-state index < -0.39 is 23.6 Å². The molecule has 2 aliphatic heterocycles. The summed E-state index contributed by atoms with van der Waals surface area (Å²) in [6.07, 6.45) is 1.11. The fourth-order valence-corrected chi connectivity index (χ4v) is 3.65. The number of methoxy groups -OCH3 is 1. The first-order valence-corrected chi connectivity index (χ1v) is 7.73. The van der Waals surface area contributed by atoms with Gasteiger partial charge in [-0.2, -0.15) is 0 Å². The van der Waals surface area contributed by atoms with Crippen molar-refractivity contribution >= 4 is 18.0 Å². The molecular weight excluding hydrogens is 288 g/mol. The van der Waals surface area contributed by atoms with E-state index in [0.29, 0.717) is 38.8 Å². The van der Waals surface area contributed by atoms with Gasteiger partial charge in [-0.3, -0.25) is 9.69 Å². The summed E-state index contributed by atoms with van der Waals surface area (Å²) in [5, 5.41) is 9.35. The van der Waals surface area contributed by atoms with E-state index in [4.69, 9.17) is 4.74 Å². The summed E-state index contributed by atoms with van der Waals surface area (Å²) in [5.74, 6) is -0.449. The maximum atomic E-state index is 12.9.